The first kappa shape index (κ1) is 22.2. The molecule has 0 saturated carbocycles. The molecule has 2 aromatic rings. The molecule has 8 nitrogen and oxygen atoms in total. The van der Waals surface area contributed by atoms with Gasteiger partial charge in [0.25, 0.3) is 0 Å². The molecule has 0 aliphatic rings. The van der Waals surface area contributed by atoms with Crippen LogP contribution in [0.2, 0.25) is 5.02 Å². The molecule has 0 saturated heterocycles. The Morgan fingerprint density at radius 2 is 1.72 bits per heavy atom. The largest absolute Gasteiger partial charge is 0.481 e. The Bertz CT molecular complexity index is 900. The number of carboxylic acid groups (broad SMARTS) is 1. The van der Waals surface area contributed by atoms with Crippen LogP contribution in [0, 0.1) is 4.91 Å². The van der Waals surface area contributed by atoms with Crippen LogP contribution in [0.3, 0.4) is 0 Å². The van der Waals surface area contributed by atoms with Gasteiger partial charge in [0, 0.05) is 16.6 Å². The summed E-state index contributed by atoms with van der Waals surface area (Å²) < 4.78 is 0. The molecule has 3 N–H and O–H groups in total. The minimum atomic E-state index is -1.84. The SMILES string of the molecule is O=NC(=O)C(O)[C@@H](Cc1ccc(-c2cccc(Cl)c2)cc1)NC(=O)CCC(=O)O. The number of benzene rings is 2. The molecule has 2 amide bonds. The molecule has 0 aliphatic carbocycles. The van der Waals surface area contributed by atoms with Crippen molar-refractivity contribution in [3.63, 3.8) is 0 Å². The summed E-state index contributed by atoms with van der Waals surface area (Å²) in [6.45, 7) is 0. The first-order valence-electron chi connectivity index (χ1n) is 8.71. The summed E-state index contributed by atoms with van der Waals surface area (Å²) in [4.78, 5) is 44.5. The van der Waals surface area contributed by atoms with Crippen molar-refractivity contribution in [3.05, 3.63) is 64.0 Å². The minimum absolute atomic E-state index is 0.0388. The minimum Gasteiger partial charge on any atom is -0.481 e. The van der Waals surface area contributed by atoms with Crippen LogP contribution in [-0.4, -0.2) is 40.1 Å². The van der Waals surface area contributed by atoms with Crippen LogP contribution < -0.4 is 5.32 Å². The average molecular weight is 419 g/mol. The summed E-state index contributed by atoms with van der Waals surface area (Å²) in [6.07, 6.45) is -2.52. The summed E-state index contributed by atoms with van der Waals surface area (Å²) >= 11 is 6.00. The van der Waals surface area contributed by atoms with Crippen LogP contribution in [0.4, 0.5) is 0 Å². The third-order valence-electron chi connectivity index (χ3n) is 4.20. The lowest BCUT2D eigenvalue weighted by Crippen LogP contribution is -2.47. The third kappa shape index (κ3) is 6.78. The van der Waals surface area contributed by atoms with E-state index in [0.29, 0.717) is 10.6 Å². The maximum absolute atomic E-state index is 11.9. The van der Waals surface area contributed by atoms with E-state index < -0.39 is 36.4 Å². The summed E-state index contributed by atoms with van der Waals surface area (Å²) in [5.41, 5.74) is 2.48. The fraction of sp³-hybridized carbons (Fsp3) is 0.250. The molecule has 1 unspecified atom stereocenters. The molecule has 9 heteroatoms. The van der Waals surface area contributed by atoms with Gasteiger partial charge >= 0.3 is 11.9 Å². The maximum atomic E-state index is 11.9. The van der Waals surface area contributed by atoms with Gasteiger partial charge in [-0.2, -0.15) is 0 Å². The van der Waals surface area contributed by atoms with Crippen LogP contribution in [0.15, 0.2) is 53.7 Å². The smallest absolute Gasteiger partial charge is 0.316 e. The fourth-order valence-electron chi connectivity index (χ4n) is 2.72. The molecule has 29 heavy (non-hydrogen) atoms. The van der Waals surface area contributed by atoms with Gasteiger partial charge in [-0.05, 0) is 35.2 Å². The summed E-state index contributed by atoms with van der Waals surface area (Å²) in [6, 6.07) is 13.3. The van der Waals surface area contributed by atoms with E-state index in [2.05, 4.69) is 10.5 Å². The van der Waals surface area contributed by atoms with Gasteiger partial charge < -0.3 is 15.5 Å². The quantitative estimate of drug-likeness (QED) is 0.536. The van der Waals surface area contributed by atoms with Gasteiger partial charge in [0.1, 0.15) is 0 Å². The van der Waals surface area contributed by atoms with Crippen molar-refractivity contribution in [2.24, 2.45) is 5.18 Å². The fourth-order valence-corrected chi connectivity index (χ4v) is 2.91. The number of rotatable bonds is 9. The maximum Gasteiger partial charge on any atom is 0.316 e. The van der Waals surface area contributed by atoms with Crippen molar-refractivity contribution in [3.8, 4) is 11.1 Å². The lowest BCUT2D eigenvalue weighted by atomic mass is 9.97. The van der Waals surface area contributed by atoms with Crippen molar-refractivity contribution < 1.29 is 24.6 Å². The molecule has 0 bridgehead atoms. The molecule has 0 aliphatic heterocycles. The molecule has 0 spiro atoms. The Morgan fingerprint density at radius 3 is 2.31 bits per heavy atom. The third-order valence-corrected chi connectivity index (χ3v) is 4.44. The normalized spacial score (nSPS) is 12.6. The molecular formula is C20H19ClN2O6. The average Bonchev–Trinajstić information content (AvgIpc) is 2.71. The lowest BCUT2D eigenvalue weighted by Gasteiger charge is -2.21. The van der Waals surface area contributed by atoms with E-state index in [4.69, 9.17) is 16.7 Å². The number of carbonyl (C=O) groups excluding carboxylic acids is 2. The van der Waals surface area contributed by atoms with E-state index in [9.17, 15) is 24.4 Å². The number of aliphatic hydroxyl groups is 1. The van der Waals surface area contributed by atoms with E-state index >= 15 is 0 Å². The Kier molecular flexibility index (Phi) is 7.99. The zero-order valence-electron chi connectivity index (χ0n) is 15.2. The number of hydrogen-bond donors (Lipinski definition) is 3. The molecule has 2 rings (SSSR count). The van der Waals surface area contributed by atoms with Gasteiger partial charge in [0.05, 0.1) is 12.5 Å². The molecule has 0 radical (unpaired) electrons. The van der Waals surface area contributed by atoms with E-state index in [1.165, 1.54) is 0 Å². The Labute approximate surface area is 171 Å². The van der Waals surface area contributed by atoms with Crippen molar-refractivity contribution in [2.75, 3.05) is 0 Å². The highest BCUT2D eigenvalue weighted by molar-refractivity contribution is 6.30. The first-order valence-corrected chi connectivity index (χ1v) is 9.09. The number of carbonyl (C=O) groups is 3. The van der Waals surface area contributed by atoms with Gasteiger partial charge in [-0.1, -0.05) is 48.0 Å². The van der Waals surface area contributed by atoms with Crippen molar-refractivity contribution in [1.29, 1.82) is 0 Å². The standard InChI is InChI=1S/C20H19ClN2O6/c21-15-3-1-2-14(11-15)13-6-4-12(5-7-13)10-16(19(27)20(28)23-29)22-17(24)8-9-18(25)26/h1-7,11,16,19,27H,8-10H2,(H,22,24)(H,25,26)/t16-,19?/m1/s1. The molecule has 0 fully saturated rings. The van der Waals surface area contributed by atoms with Gasteiger partial charge in [-0.25, -0.2) is 0 Å². The Morgan fingerprint density at radius 1 is 1.03 bits per heavy atom. The van der Waals surface area contributed by atoms with Crippen LogP contribution in [0.25, 0.3) is 11.1 Å². The molecular weight excluding hydrogens is 400 g/mol. The first-order chi connectivity index (χ1) is 13.8. The van der Waals surface area contributed by atoms with Gasteiger partial charge in [0.15, 0.2) is 6.10 Å². The zero-order chi connectivity index (χ0) is 21.4. The number of hydrogen-bond acceptors (Lipinski definition) is 5. The summed E-state index contributed by atoms with van der Waals surface area (Å²) in [5.74, 6) is -3.13. The highest BCUT2D eigenvalue weighted by Crippen LogP contribution is 2.23. The second-order valence-corrected chi connectivity index (χ2v) is 6.79. The van der Waals surface area contributed by atoms with E-state index in [0.717, 1.165) is 11.1 Å². The predicted octanol–water partition coefficient (Wildman–Crippen LogP) is 2.55. The van der Waals surface area contributed by atoms with Crippen molar-refractivity contribution in [2.45, 2.75) is 31.4 Å². The number of nitroso groups, excluding NO2 is 1. The van der Waals surface area contributed by atoms with Gasteiger partial charge in [-0.3, -0.25) is 14.4 Å². The second-order valence-electron chi connectivity index (χ2n) is 6.35. The Balaban J connectivity index is 2.14. The van der Waals surface area contributed by atoms with Crippen molar-refractivity contribution >= 4 is 29.4 Å². The second kappa shape index (κ2) is 10.4. The van der Waals surface area contributed by atoms with E-state index in [1.54, 1.807) is 24.3 Å². The van der Waals surface area contributed by atoms with Gasteiger partial charge in [-0.15, -0.1) is 4.91 Å². The Hall–Kier alpha value is -3.10. The van der Waals surface area contributed by atoms with Gasteiger partial charge in [0.2, 0.25) is 5.91 Å². The highest BCUT2D eigenvalue weighted by Gasteiger charge is 2.28. The molecule has 0 aromatic heterocycles. The molecule has 2 aromatic carbocycles. The number of halogens is 1. The van der Waals surface area contributed by atoms with Crippen molar-refractivity contribution in [1.82, 2.24) is 5.32 Å². The molecule has 0 heterocycles. The van der Waals surface area contributed by atoms with Crippen LogP contribution in [-0.2, 0) is 20.8 Å². The number of aliphatic hydroxyl groups excluding tert-OH is 1. The van der Waals surface area contributed by atoms with Crippen LogP contribution >= 0.6 is 11.6 Å². The lowest BCUT2D eigenvalue weighted by molar-refractivity contribution is -0.139. The topological polar surface area (TPSA) is 133 Å². The number of amides is 2. The zero-order valence-corrected chi connectivity index (χ0v) is 16.0. The van der Waals surface area contributed by atoms with Crippen LogP contribution in [0.1, 0.15) is 18.4 Å². The number of nitrogens with one attached hydrogen (secondary N) is 1. The highest BCUT2D eigenvalue weighted by atomic mass is 35.5. The molecule has 152 valence electrons. The summed E-state index contributed by atoms with van der Waals surface area (Å²) in [7, 11) is 0. The van der Waals surface area contributed by atoms with Crippen LogP contribution in [0.5, 0.6) is 0 Å². The van der Waals surface area contributed by atoms with E-state index in [-0.39, 0.29) is 12.8 Å². The summed E-state index contributed by atoms with van der Waals surface area (Å²) in [5, 5.41) is 23.9. The molecule has 2 atom stereocenters. The predicted molar refractivity (Wildman–Crippen MR) is 106 cm³/mol. The number of nitrogens with zero attached hydrogens (tertiary/aromatic N) is 1. The number of aliphatic carboxylic acids is 1. The monoisotopic (exact) mass is 418 g/mol. The number of carboxylic acids is 1. The van der Waals surface area contributed by atoms with E-state index in [1.807, 2.05) is 24.3 Å².